The number of hydrogen-bond acceptors (Lipinski definition) is 6. The van der Waals surface area contributed by atoms with Gasteiger partial charge >= 0.3 is 6.03 Å². The standard InChI is InChI=1S/C26H31N5O3/c1-18-10-11-22(17-24(18)32)29-12-14-30(15-13-29)26(33)28-31(21-8-6-5-7-9-21)23-16-19(2)20(3)27-25(23)34-4/h5-11,16-17,32H,12-15H2,1-4H3,(H,28,33). The van der Waals surface area contributed by atoms with Crippen LogP contribution in [0.3, 0.4) is 0 Å². The second kappa shape index (κ2) is 9.91. The summed E-state index contributed by atoms with van der Waals surface area (Å²) in [5.74, 6) is 0.725. The highest BCUT2D eigenvalue weighted by molar-refractivity contribution is 5.81. The number of anilines is 3. The highest BCUT2D eigenvalue weighted by Crippen LogP contribution is 2.33. The second-order valence-corrected chi connectivity index (χ2v) is 8.45. The Bertz CT molecular complexity index is 1160. The van der Waals surface area contributed by atoms with E-state index in [1.807, 2.05) is 69.3 Å². The Hall–Kier alpha value is -3.94. The summed E-state index contributed by atoms with van der Waals surface area (Å²) >= 11 is 0. The topological polar surface area (TPSA) is 81.2 Å². The molecule has 3 aromatic rings. The molecule has 8 heteroatoms. The normalized spacial score (nSPS) is 13.5. The number of methoxy groups -OCH3 is 1. The lowest BCUT2D eigenvalue weighted by atomic mass is 10.2. The molecular formula is C26H31N5O3. The maximum absolute atomic E-state index is 13.3. The van der Waals surface area contributed by atoms with E-state index in [2.05, 4.69) is 15.3 Å². The number of benzene rings is 2. The van der Waals surface area contributed by atoms with Crippen LogP contribution in [0, 0.1) is 20.8 Å². The van der Waals surface area contributed by atoms with E-state index < -0.39 is 0 Å². The lowest BCUT2D eigenvalue weighted by Gasteiger charge is -2.37. The van der Waals surface area contributed by atoms with Crippen LogP contribution < -0.4 is 20.1 Å². The fraction of sp³-hybridized carbons (Fsp3) is 0.308. The fourth-order valence-electron chi connectivity index (χ4n) is 3.95. The minimum absolute atomic E-state index is 0.199. The van der Waals surface area contributed by atoms with Gasteiger partial charge in [0.2, 0.25) is 5.88 Å². The van der Waals surface area contributed by atoms with Crippen LogP contribution in [0.4, 0.5) is 21.9 Å². The van der Waals surface area contributed by atoms with Crippen molar-refractivity contribution in [2.45, 2.75) is 20.8 Å². The van der Waals surface area contributed by atoms with Crippen molar-refractivity contribution in [3.63, 3.8) is 0 Å². The van der Waals surface area contributed by atoms with Gasteiger partial charge in [0.25, 0.3) is 0 Å². The van der Waals surface area contributed by atoms with Crippen molar-refractivity contribution in [1.82, 2.24) is 15.3 Å². The monoisotopic (exact) mass is 461 g/mol. The van der Waals surface area contributed by atoms with Gasteiger partial charge in [-0.15, -0.1) is 0 Å². The molecule has 0 atom stereocenters. The average molecular weight is 462 g/mol. The van der Waals surface area contributed by atoms with Crippen LogP contribution in [0.25, 0.3) is 0 Å². The minimum atomic E-state index is -0.199. The maximum atomic E-state index is 13.3. The lowest BCUT2D eigenvalue weighted by molar-refractivity contribution is 0.194. The Morgan fingerprint density at radius 3 is 2.35 bits per heavy atom. The molecule has 1 aliphatic rings. The van der Waals surface area contributed by atoms with Crippen LogP contribution in [0.5, 0.6) is 11.6 Å². The number of carbonyl (C=O) groups is 1. The molecule has 1 aromatic heterocycles. The number of aromatic hydroxyl groups is 1. The molecule has 1 saturated heterocycles. The smallest absolute Gasteiger partial charge is 0.336 e. The van der Waals surface area contributed by atoms with E-state index in [1.54, 1.807) is 23.1 Å². The number of para-hydroxylation sites is 1. The summed E-state index contributed by atoms with van der Waals surface area (Å²) in [7, 11) is 1.58. The molecule has 2 amide bonds. The van der Waals surface area contributed by atoms with Gasteiger partial charge in [0, 0.05) is 43.6 Å². The first-order valence-corrected chi connectivity index (χ1v) is 11.3. The van der Waals surface area contributed by atoms with Crippen molar-refractivity contribution in [3.05, 3.63) is 71.4 Å². The Balaban J connectivity index is 1.52. The first kappa shape index (κ1) is 23.2. The maximum Gasteiger partial charge on any atom is 0.336 e. The number of ether oxygens (including phenoxy) is 1. The number of piperazine rings is 1. The van der Waals surface area contributed by atoms with Gasteiger partial charge in [0.15, 0.2) is 0 Å². The molecule has 0 spiro atoms. The van der Waals surface area contributed by atoms with Crippen molar-refractivity contribution in [3.8, 4) is 11.6 Å². The first-order valence-electron chi connectivity index (χ1n) is 11.3. The van der Waals surface area contributed by atoms with Gasteiger partial charge in [0.05, 0.1) is 12.8 Å². The Labute approximate surface area is 200 Å². The Kier molecular flexibility index (Phi) is 6.77. The van der Waals surface area contributed by atoms with Crippen LogP contribution in [0.2, 0.25) is 0 Å². The van der Waals surface area contributed by atoms with Gasteiger partial charge in [-0.25, -0.2) is 20.2 Å². The number of pyridine rings is 1. The molecule has 0 saturated carbocycles. The van der Waals surface area contributed by atoms with E-state index in [0.29, 0.717) is 37.7 Å². The molecule has 8 nitrogen and oxygen atoms in total. The molecule has 0 unspecified atom stereocenters. The van der Waals surface area contributed by atoms with Crippen molar-refractivity contribution in [2.24, 2.45) is 0 Å². The number of phenolic OH excluding ortho intramolecular Hbond substituents is 1. The molecule has 0 aliphatic carbocycles. The van der Waals surface area contributed by atoms with Crippen LogP contribution in [0.15, 0.2) is 54.6 Å². The quantitative estimate of drug-likeness (QED) is 0.551. The van der Waals surface area contributed by atoms with Crippen LogP contribution in [-0.2, 0) is 0 Å². The van der Waals surface area contributed by atoms with E-state index >= 15 is 0 Å². The molecule has 0 radical (unpaired) electrons. The largest absolute Gasteiger partial charge is 0.508 e. The summed E-state index contributed by atoms with van der Waals surface area (Å²) in [6.45, 7) is 8.26. The van der Waals surface area contributed by atoms with Gasteiger partial charge < -0.3 is 19.6 Å². The highest BCUT2D eigenvalue weighted by Gasteiger charge is 2.25. The number of aromatic nitrogens is 1. The van der Waals surface area contributed by atoms with Crippen LogP contribution in [-0.4, -0.2) is 54.3 Å². The number of nitrogens with one attached hydrogen (secondary N) is 1. The lowest BCUT2D eigenvalue weighted by Crippen LogP contribution is -2.54. The van der Waals surface area contributed by atoms with Gasteiger partial charge in [-0.1, -0.05) is 24.3 Å². The SMILES string of the molecule is COc1nc(C)c(C)cc1N(NC(=O)N1CCN(c2ccc(C)c(O)c2)CC1)c1ccccc1. The van der Waals surface area contributed by atoms with Crippen molar-refractivity contribution >= 4 is 23.1 Å². The fourth-order valence-corrected chi connectivity index (χ4v) is 3.95. The zero-order valence-corrected chi connectivity index (χ0v) is 20.1. The zero-order chi connectivity index (χ0) is 24.2. The van der Waals surface area contributed by atoms with Crippen molar-refractivity contribution in [2.75, 3.05) is 43.2 Å². The molecule has 2 aromatic carbocycles. The van der Waals surface area contributed by atoms with E-state index in [4.69, 9.17) is 4.74 Å². The summed E-state index contributed by atoms with van der Waals surface area (Å²) in [5, 5.41) is 11.8. The second-order valence-electron chi connectivity index (χ2n) is 8.45. The third-order valence-electron chi connectivity index (χ3n) is 6.19. The first-order chi connectivity index (χ1) is 16.4. The Morgan fingerprint density at radius 2 is 1.71 bits per heavy atom. The Morgan fingerprint density at radius 1 is 1.00 bits per heavy atom. The molecule has 34 heavy (non-hydrogen) atoms. The number of hydrazine groups is 1. The molecule has 2 N–H and O–H groups in total. The summed E-state index contributed by atoms with van der Waals surface area (Å²) in [4.78, 5) is 21.8. The number of carbonyl (C=O) groups excluding carboxylic acids is 1. The van der Waals surface area contributed by atoms with E-state index in [9.17, 15) is 9.90 Å². The van der Waals surface area contributed by atoms with Gasteiger partial charge in [-0.3, -0.25) is 0 Å². The molecule has 1 fully saturated rings. The molecule has 0 bridgehead atoms. The van der Waals surface area contributed by atoms with Crippen molar-refractivity contribution < 1.29 is 14.6 Å². The van der Waals surface area contributed by atoms with Crippen LogP contribution in [0.1, 0.15) is 16.8 Å². The molecule has 1 aliphatic heterocycles. The third-order valence-corrected chi connectivity index (χ3v) is 6.19. The molecule has 2 heterocycles. The number of hydrogen-bond donors (Lipinski definition) is 2. The summed E-state index contributed by atoms with van der Waals surface area (Å²) in [6.07, 6.45) is 0. The molecular weight excluding hydrogens is 430 g/mol. The number of aryl methyl sites for hydroxylation is 3. The number of nitrogens with zero attached hydrogens (tertiary/aromatic N) is 4. The van der Waals surface area contributed by atoms with Crippen LogP contribution >= 0.6 is 0 Å². The predicted octanol–water partition coefficient (Wildman–Crippen LogP) is 4.31. The van der Waals surface area contributed by atoms with Gasteiger partial charge in [-0.2, -0.15) is 0 Å². The van der Waals surface area contributed by atoms with E-state index in [1.165, 1.54) is 0 Å². The van der Waals surface area contributed by atoms with Gasteiger partial charge in [0.1, 0.15) is 11.4 Å². The minimum Gasteiger partial charge on any atom is -0.508 e. The average Bonchev–Trinajstić information content (AvgIpc) is 2.86. The number of rotatable bonds is 5. The summed E-state index contributed by atoms with van der Waals surface area (Å²) < 4.78 is 5.55. The number of urea groups is 1. The van der Waals surface area contributed by atoms with E-state index in [-0.39, 0.29) is 11.8 Å². The molecule has 4 rings (SSSR count). The molecule has 178 valence electrons. The highest BCUT2D eigenvalue weighted by atomic mass is 16.5. The predicted molar refractivity (Wildman–Crippen MR) is 134 cm³/mol. The third kappa shape index (κ3) is 4.85. The summed E-state index contributed by atoms with van der Waals surface area (Å²) in [6, 6.07) is 17.1. The number of amides is 2. The van der Waals surface area contributed by atoms with E-state index in [0.717, 1.165) is 28.2 Å². The van der Waals surface area contributed by atoms with Gasteiger partial charge in [-0.05, 0) is 56.2 Å². The zero-order valence-electron chi connectivity index (χ0n) is 20.1. The number of phenols is 1. The summed E-state index contributed by atoms with van der Waals surface area (Å²) in [5.41, 5.74) is 8.20. The van der Waals surface area contributed by atoms with Crippen molar-refractivity contribution in [1.29, 1.82) is 0 Å².